The number of Topliss-reactive ketones (excluding diaryl/α,β-unsaturated/α-hetero) is 2. The standard InChI is InChI=1S/C34H25NO2/c36-33-24-11-4-5-12-25(24)34(37)30-27(33)16-15-26-28-21-13-14-22(18-21)29(28)31(35-32(26)30)23-10-6-9-20(17-23)19-7-2-1-3-8-19/h1-12,15-17,21-22,24-25H,13-14,18H2/t21?,22?,24-,25?/m0/s1. The minimum atomic E-state index is -0.438. The molecule has 3 heteroatoms. The average molecular weight is 480 g/mol. The van der Waals surface area contributed by atoms with Gasteiger partial charge in [-0.1, -0.05) is 78.9 Å². The van der Waals surface area contributed by atoms with E-state index in [1.165, 1.54) is 29.5 Å². The second-order valence-electron chi connectivity index (χ2n) is 10.9. The summed E-state index contributed by atoms with van der Waals surface area (Å²) in [6.07, 6.45) is 11.0. The lowest BCUT2D eigenvalue weighted by molar-refractivity contribution is 0.0803. The Morgan fingerprint density at radius 1 is 0.676 bits per heavy atom. The first-order chi connectivity index (χ1) is 18.2. The molecule has 1 heterocycles. The first-order valence-corrected chi connectivity index (χ1v) is 13.3. The van der Waals surface area contributed by atoms with Crippen LogP contribution in [-0.4, -0.2) is 16.6 Å². The Morgan fingerprint density at radius 2 is 1.38 bits per heavy atom. The number of nitrogens with zero attached hydrogens (tertiary/aromatic N) is 1. The summed E-state index contributed by atoms with van der Waals surface area (Å²) in [5, 5.41) is 1.07. The molecule has 0 radical (unpaired) electrons. The molecule has 0 saturated heterocycles. The van der Waals surface area contributed by atoms with E-state index in [0.717, 1.165) is 28.6 Å². The highest BCUT2D eigenvalue weighted by molar-refractivity contribution is 6.23. The summed E-state index contributed by atoms with van der Waals surface area (Å²) in [6.45, 7) is 0. The van der Waals surface area contributed by atoms with Gasteiger partial charge in [0.05, 0.1) is 28.6 Å². The molecule has 0 N–H and O–H groups in total. The van der Waals surface area contributed by atoms with E-state index in [9.17, 15) is 9.59 Å². The van der Waals surface area contributed by atoms with Crippen molar-refractivity contribution in [2.75, 3.05) is 0 Å². The van der Waals surface area contributed by atoms with E-state index < -0.39 is 11.8 Å². The lowest BCUT2D eigenvalue weighted by atomic mass is 9.71. The van der Waals surface area contributed by atoms with E-state index in [-0.39, 0.29) is 11.6 Å². The van der Waals surface area contributed by atoms with Gasteiger partial charge < -0.3 is 0 Å². The second-order valence-corrected chi connectivity index (χ2v) is 10.9. The predicted octanol–water partition coefficient (Wildman–Crippen LogP) is 7.67. The third-order valence-electron chi connectivity index (χ3n) is 8.98. The number of benzene rings is 3. The average Bonchev–Trinajstić information content (AvgIpc) is 3.59. The fourth-order valence-electron chi connectivity index (χ4n) is 7.33. The first-order valence-electron chi connectivity index (χ1n) is 13.3. The topological polar surface area (TPSA) is 47.0 Å². The third-order valence-corrected chi connectivity index (χ3v) is 8.98. The number of aromatic nitrogens is 1. The SMILES string of the molecule is O=C1c2c(ccc3c4c(c(-c5cccc(-c6ccccc6)c5)nc23)C2CCC4C2)C(=O)[C@H]2C=CC=CC12. The number of pyridine rings is 1. The number of rotatable bonds is 2. The molecule has 4 aliphatic carbocycles. The lowest BCUT2D eigenvalue weighted by Crippen LogP contribution is -2.35. The Labute approximate surface area is 215 Å². The van der Waals surface area contributed by atoms with Gasteiger partial charge in [0.25, 0.3) is 0 Å². The van der Waals surface area contributed by atoms with Crippen molar-refractivity contribution >= 4 is 22.5 Å². The lowest BCUT2D eigenvalue weighted by Gasteiger charge is -2.30. The van der Waals surface area contributed by atoms with Crippen molar-refractivity contribution in [2.45, 2.75) is 31.1 Å². The van der Waals surface area contributed by atoms with E-state index in [2.05, 4.69) is 54.6 Å². The van der Waals surface area contributed by atoms with Gasteiger partial charge in [0.15, 0.2) is 11.6 Å². The van der Waals surface area contributed by atoms with Crippen molar-refractivity contribution in [3.05, 3.63) is 113 Å². The molecule has 3 aromatic carbocycles. The zero-order valence-corrected chi connectivity index (χ0v) is 20.4. The Kier molecular flexibility index (Phi) is 4.37. The van der Waals surface area contributed by atoms with Crippen LogP contribution in [0.5, 0.6) is 0 Å². The number of carbonyl (C=O) groups excluding carboxylic acids is 2. The third kappa shape index (κ3) is 2.91. The van der Waals surface area contributed by atoms with Gasteiger partial charge in [0.1, 0.15) is 0 Å². The smallest absolute Gasteiger partial charge is 0.173 e. The highest BCUT2D eigenvalue weighted by Gasteiger charge is 2.44. The van der Waals surface area contributed by atoms with E-state index in [4.69, 9.17) is 4.98 Å². The predicted molar refractivity (Wildman–Crippen MR) is 146 cm³/mol. The molecule has 0 aliphatic heterocycles. The Bertz CT molecular complexity index is 1710. The summed E-state index contributed by atoms with van der Waals surface area (Å²) in [7, 11) is 0. The molecule has 4 atom stereocenters. The monoisotopic (exact) mass is 479 g/mol. The molecule has 2 bridgehead atoms. The molecule has 37 heavy (non-hydrogen) atoms. The molecule has 1 saturated carbocycles. The van der Waals surface area contributed by atoms with Gasteiger partial charge in [0.2, 0.25) is 0 Å². The van der Waals surface area contributed by atoms with Crippen LogP contribution in [0.4, 0.5) is 0 Å². The summed E-state index contributed by atoms with van der Waals surface area (Å²) in [6, 6.07) is 23.0. The zero-order chi connectivity index (χ0) is 24.7. The van der Waals surface area contributed by atoms with Gasteiger partial charge in [0, 0.05) is 16.5 Å². The Balaban J connectivity index is 1.41. The molecule has 1 fully saturated rings. The maximum Gasteiger partial charge on any atom is 0.173 e. The molecule has 3 unspecified atom stereocenters. The molecule has 4 aliphatic rings. The Hall–Kier alpha value is -4.11. The Morgan fingerprint density at radius 3 is 2.19 bits per heavy atom. The van der Waals surface area contributed by atoms with Crippen LogP contribution in [0.2, 0.25) is 0 Å². The van der Waals surface area contributed by atoms with Crippen LogP contribution in [0.25, 0.3) is 33.3 Å². The van der Waals surface area contributed by atoms with Crippen LogP contribution in [0, 0.1) is 11.8 Å². The van der Waals surface area contributed by atoms with E-state index in [1.54, 1.807) is 0 Å². The summed E-state index contributed by atoms with van der Waals surface area (Å²) >= 11 is 0. The van der Waals surface area contributed by atoms with Gasteiger partial charge in [-0.2, -0.15) is 0 Å². The van der Waals surface area contributed by atoms with Crippen LogP contribution in [0.3, 0.4) is 0 Å². The van der Waals surface area contributed by atoms with Gasteiger partial charge in [-0.3, -0.25) is 9.59 Å². The molecule has 0 spiro atoms. The maximum absolute atomic E-state index is 13.9. The minimum absolute atomic E-state index is 0.0189. The van der Waals surface area contributed by atoms with E-state index in [0.29, 0.717) is 28.5 Å². The van der Waals surface area contributed by atoms with Crippen molar-refractivity contribution in [2.24, 2.45) is 11.8 Å². The van der Waals surface area contributed by atoms with E-state index >= 15 is 0 Å². The minimum Gasteiger partial charge on any atom is -0.293 e. The van der Waals surface area contributed by atoms with Gasteiger partial charge in [-0.15, -0.1) is 0 Å². The van der Waals surface area contributed by atoms with E-state index in [1.807, 2.05) is 36.4 Å². The summed E-state index contributed by atoms with van der Waals surface area (Å²) in [5.74, 6) is 0.210. The molecule has 0 amide bonds. The zero-order valence-electron chi connectivity index (χ0n) is 20.4. The van der Waals surface area contributed by atoms with Crippen LogP contribution >= 0.6 is 0 Å². The normalized spacial score (nSPS) is 24.9. The number of hydrogen-bond acceptors (Lipinski definition) is 3. The maximum atomic E-state index is 13.9. The molecule has 3 nitrogen and oxygen atoms in total. The molecule has 178 valence electrons. The van der Waals surface area contributed by atoms with Crippen LogP contribution in [-0.2, 0) is 0 Å². The van der Waals surface area contributed by atoms with Crippen LogP contribution in [0.1, 0.15) is 62.9 Å². The fraction of sp³-hybridized carbons (Fsp3) is 0.206. The van der Waals surface area contributed by atoms with Crippen molar-refractivity contribution in [1.29, 1.82) is 0 Å². The van der Waals surface area contributed by atoms with Gasteiger partial charge >= 0.3 is 0 Å². The van der Waals surface area contributed by atoms with Crippen LogP contribution < -0.4 is 0 Å². The van der Waals surface area contributed by atoms with Crippen LogP contribution in [0.15, 0.2) is 91.0 Å². The summed E-state index contributed by atoms with van der Waals surface area (Å²) in [5.41, 5.74) is 8.88. The van der Waals surface area contributed by atoms with Crippen molar-refractivity contribution in [3.8, 4) is 22.4 Å². The highest BCUT2D eigenvalue weighted by atomic mass is 16.1. The molecular formula is C34H25NO2. The second kappa shape index (κ2) is 7.69. The summed E-state index contributed by atoms with van der Waals surface area (Å²) < 4.78 is 0. The number of hydrogen-bond donors (Lipinski definition) is 0. The fourth-order valence-corrected chi connectivity index (χ4v) is 7.33. The number of fused-ring (bicyclic) bond motifs is 10. The number of carbonyl (C=O) groups is 2. The molecule has 4 aromatic rings. The van der Waals surface area contributed by atoms with Crippen molar-refractivity contribution in [1.82, 2.24) is 4.98 Å². The quantitative estimate of drug-likeness (QED) is 0.296. The van der Waals surface area contributed by atoms with Gasteiger partial charge in [-0.25, -0.2) is 4.98 Å². The number of allylic oxidation sites excluding steroid dienone is 4. The highest BCUT2D eigenvalue weighted by Crippen LogP contribution is 2.57. The largest absolute Gasteiger partial charge is 0.293 e. The molecular weight excluding hydrogens is 454 g/mol. The summed E-state index contributed by atoms with van der Waals surface area (Å²) in [4.78, 5) is 32.7. The van der Waals surface area contributed by atoms with Crippen molar-refractivity contribution < 1.29 is 9.59 Å². The van der Waals surface area contributed by atoms with Gasteiger partial charge in [-0.05, 0) is 65.5 Å². The molecule has 1 aromatic heterocycles. The van der Waals surface area contributed by atoms with Crippen molar-refractivity contribution in [3.63, 3.8) is 0 Å². The first kappa shape index (κ1) is 21.0. The molecule has 8 rings (SSSR count). The number of ketones is 2.